The van der Waals surface area contributed by atoms with Crippen LogP contribution in [-0.4, -0.2) is 43.0 Å². The molecule has 0 aliphatic heterocycles. The topological polar surface area (TPSA) is 112 Å². The second-order valence-corrected chi connectivity index (χ2v) is 2.01. The van der Waals surface area contributed by atoms with E-state index in [-0.39, 0.29) is 17.4 Å². The molecule has 68 valence electrons. The summed E-state index contributed by atoms with van der Waals surface area (Å²) in [6.07, 6.45) is 0. The fourth-order valence-corrected chi connectivity index (χ4v) is 0.776. The standard InChI is InChI=1S/C4H4N6O3/c1-12-4-2(6-13-7-4)3-5-8-9-10(3)11/h11H,1H3. The normalized spacial score (nSPS) is 10.2. The monoisotopic (exact) mass is 184 g/mol. The van der Waals surface area contributed by atoms with Crippen LogP contribution in [0, 0.1) is 0 Å². The predicted molar refractivity (Wildman–Crippen MR) is 34.8 cm³/mol. The molecular weight excluding hydrogens is 180 g/mol. The minimum Gasteiger partial charge on any atom is -0.477 e. The lowest BCUT2D eigenvalue weighted by Gasteiger charge is -1.92. The average Bonchev–Trinajstić information content (AvgIpc) is 2.71. The Morgan fingerprint density at radius 1 is 1.46 bits per heavy atom. The maximum absolute atomic E-state index is 9.06. The molecule has 0 atom stereocenters. The van der Waals surface area contributed by atoms with Gasteiger partial charge >= 0.3 is 0 Å². The predicted octanol–water partition coefficient (Wildman–Crippen LogP) is -1.03. The van der Waals surface area contributed by atoms with E-state index < -0.39 is 0 Å². The van der Waals surface area contributed by atoms with E-state index in [1.807, 2.05) is 0 Å². The summed E-state index contributed by atoms with van der Waals surface area (Å²) in [7, 11) is 1.38. The summed E-state index contributed by atoms with van der Waals surface area (Å²) in [6, 6.07) is 0. The molecule has 9 heteroatoms. The van der Waals surface area contributed by atoms with Crippen molar-refractivity contribution in [1.82, 2.24) is 30.7 Å². The Balaban J connectivity index is 2.52. The molecule has 2 heterocycles. The van der Waals surface area contributed by atoms with Crippen molar-refractivity contribution in [2.45, 2.75) is 0 Å². The highest BCUT2D eigenvalue weighted by atomic mass is 16.6. The van der Waals surface area contributed by atoms with Gasteiger partial charge in [0.15, 0.2) is 0 Å². The van der Waals surface area contributed by atoms with Crippen LogP contribution >= 0.6 is 0 Å². The first-order valence-electron chi connectivity index (χ1n) is 3.17. The van der Waals surface area contributed by atoms with Crippen LogP contribution in [0.4, 0.5) is 0 Å². The van der Waals surface area contributed by atoms with Crippen LogP contribution in [0.3, 0.4) is 0 Å². The summed E-state index contributed by atoms with van der Waals surface area (Å²) in [5.74, 6) is 0.100. The molecule has 0 unspecified atom stereocenters. The number of hydrogen-bond donors (Lipinski definition) is 1. The zero-order valence-electron chi connectivity index (χ0n) is 6.45. The molecule has 9 nitrogen and oxygen atoms in total. The highest BCUT2D eigenvalue weighted by molar-refractivity contribution is 5.53. The first kappa shape index (κ1) is 7.46. The minimum atomic E-state index is -0.00176. The van der Waals surface area contributed by atoms with E-state index >= 15 is 0 Å². The molecule has 2 rings (SSSR count). The minimum absolute atomic E-state index is 0.00176. The van der Waals surface area contributed by atoms with Gasteiger partial charge in [0.05, 0.1) is 7.11 Å². The Morgan fingerprint density at radius 3 is 2.92 bits per heavy atom. The Kier molecular flexibility index (Phi) is 1.55. The van der Waals surface area contributed by atoms with Gasteiger partial charge in [0.25, 0.3) is 5.88 Å². The van der Waals surface area contributed by atoms with Gasteiger partial charge in [-0.05, 0) is 20.7 Å². The second-order valence-electron chi connectivity index (χ2n) is 2.01. The molecule has 2 aromatic rings. The molecular formula is C4H4N6O3. The molecule has 0 bridgehead atoms. The van der Waals surface area contributed by atoms with E-state index in [0.717, 1.165) is 0 Å². The Labute approximate surface area is 70.8 Å². The smallest absolute Gasteiger partial charge is 0.287 e. The van der Waals surface area contributed by atoms with Gasteiger partial charge in [0.2, 0.25) is 11.5 Å². The lowest BCUT2D eigenvalue weighted by atomic mass is 10.4. The number of ether oxygens (including phenoxy) is 1. The molecule has 2 aromatic heterocycles. The molecule has 0 aliphatic rings. The van der Waals surface area contributed by atoms with Crippen LogP contribution < -0.4 is 4.74 Å². The summed E-state index contributed by atoms with van der Waals surface area (Å²) in [4.78, 5) is 0.446. The van der Waals surface area contributed by atoms with E-state index in [4.69, 9.17) is 9.94 Å². The van der Waals surface area contributed by atoms with Gasteiger partial charge in [0.1, 0.15) is 0 Å². The molecule has 0 aliphatic carbocycles. The largest absolute Gasteiger partial charge is 0.477 e. The summed E-state index contributed by atoms with van der Waals surface area (Å²) >= 11 is 0. The molecule has 13 heavy (non-hydrogen) atoms. The number of hydrogen-bond acceptors (Lipinski definition) is 8. The molecule has 0 saturated carbocycles. The van der Waals surface area contributed by atoms with Crippen molar-refractivity contribution in [3.63, 3.8) is 0 Å². The van der Waals surface area contributed by atoms with Crippen LogP contribution in [0.15, 0.2) is 4.63 Å². The SMILES string of the molecule is COc1nonc1-c1nnnn1O. The van der Waals surface area contributed by atoms with Gasteiger partial charge in [-0.2, -0.15) is 0 Å². The Bertz CT molecular complexity index is 407. The third kappa shape index (κ3) is 1.06. The highest BCUT2D eigenvalue weighted by Crippen LogP contribution is 2.21. The third-order valence-electron chi connectivity index (χ3n) is 1.32. The summed E-state index contributed by atoms with van der Waals surface area (Å²) in [5, 5.41) is 25.8. The van der Waals surface area contributed by atoms with E-state index in [1.54, 1.807) is 0 Å². The number of aromatic nitrogens is 6. The van der Waals surface area contributed by atoms with Crippen LogP contribution in [0.1, 0.15) is 0 Å². The van der Waals surface area contributed by atoms with E-state index in [9.17, 15) is 0 Å². The molecule has 0 fully saturated rings. The van der Waals surface area contributed by atoms with Gasteiger partial charge in [-0.15, -0.1) is 5.10 Å². The Hall–Kier alpha value is -2.19. The van der Waals surface area contributed by atoms with E-state index in [0.29, 0.717) is 4.85 Å². The average molecular weight is 184 g/mol. The number of rotatable bonds is 2. The van der Waals surface area contributed by atoms with E-state index in [1.165, 1.54) is 7.11 Å². The number of nitrogens with zero attached hydrogens (tertiary/aromatic N) is 6. The number of tetrazole rings is 1. The van der Waals surface area contributed by atoms with Crippen LogP contribution in [-0.2, 0) is 0 Å². The lowest BCUT2D eigenvalue weighted by Crippen LogP contribution is -1.97. The fourth-order valence-electron chi connectivity index (χ4n) is 0.776. The maximum Gasteiger partial charge on any atom is 0.287 e. The first-order valence-corrected chi connectivity index (χ1v) is 3.17. The maximum atomic E-state index is 9.06. The molecule has 0 aromatic carbocycles. The molecule has 1 N–H and O–H groups in total. The van der Waals surface area contributed by atoms with Crippen LogP contribution in [0.5, 0.6) is 5.88 Å². The van der Waals surface area contributed by atoms with Gasteiger partial charge in [-0.1, -0.05) is 4.85 Å². The summed E-state index contributed by atoms with van der Waals surface area (Å²) < 4.78 is 9.15. The van der Waals surface area contributed by atoms with Crippen molar-refractivity contribution in [3.05, 3.63) is 0 Å². The van der Waals surface area contributed by atoms with Gasteiger partial charge in [-0.3, -0.25) is 0 Å². The fraction of sp³-hybridized carbons (Fsp3) is 0.250. The summed E-state index contributed by atoms with van der Waals surface area (Å²) in [5.41, 5.74) is 0.134. The lowest BCUT2D eigenvalue weighted by molar-refractivity contribution is 0.146. The molecule has 0 spiro atoms. The van der Waals surface area contributed by atoms with Gasteiger partial charge < -0.3 is 9.94 Å². The third-order valence-corrected chi connectivity index (χ3v) is 1.32. The zero-order valence-corrected chi connectivity index (χ0v) is 6.45. The van der Waals surface area contributed by atoms with Gasteiger partial charge in [-0.25, -0.2) is 4.63 Å². The Morgan fingerprint density at radius 2 is 2.31 bits per heavy atom. The first-order chi connectivity index (χ1) is 6.33. The molecule has 0 radical (unpaired) electrons. The summed E-state index contributed by atoms with van der Waals surface area (Å²) in [6.45, 7) is 0. The van der Waals surface area contributed by atoms with Crippen LogP contribution in [0.25, 0.3) is 11.5 Å². The van der Waals surface area contributed by atoms with Crippen LogP contribution in [0.2, 0.25) is 0 Å². The van der Waals surface area contributed by atoms with Crippen molar-refractivity contribution in [2.75, 3.05) is 7.11 Å². The molecule has 0 amide bonds. The van der Waals surface area contributed by atoms with Crippen molar-refractivity contribution >= 4 is 0 Å². The van der Waals surface area contributed by atoms with Crippen molar-refractivity contribution in [3.8, 4) is 17.4 Å². The number of methoxy groups -OCH3 is 1. The second kappa shape index (κ2) is 2.69. The van der Waals surface area contributed by atoms with E-state index in [2.05, 4.69) is 30.5 Å². The van der Waals surface area contributed by atoms with Crippen molar-refractivity contribution < 1.29 is 14.6 Å². The molecule has 0 saturated heterocycles. The highest BCUT2D eigenvalue weighted by Gasteiger charge is 2.19. The zero-order chi connectivity index (χ0) is 9.26. The van der Waals surface area contributed by atoms with Crippen molar-refractivity contribution in [1.29, 1.82) is 0 Å². The van der Waals surface area contributed by atoms with Crippen molar-refractivity contribution in [2.24, 2.45) is 0 Å². The quantitative estimate of drug-likeness (QED) is 0.589. The van der Waals surface area contributed by atoms with Gasteiger partial charge in [0, 0.05) is 0 Å².